The van der Waals surface area contributed by atoms with E-state index in [2.05, 4.69) is 10.1 Å². The third-order valence-corrected chi connectivity index (χ3v) is 7.99. The van der Waals surface area contributed by atoms with Crippen LogP contribution in [0.5, 0.6) is 10.9 Å². The third-order valence-electron chi connectivity index (χ3n) is 6.04. The summed E-state index contributed by atoms with van der Waals surface area (Å²) in [4.78, 5) is 23.2. The van der Waals surface area contributed by atoms with E-state index in [9.17, 15) is 9.18 Å². The normalized spacial score (nSPS) is 11.9. The molecule has 0 aliphatic rings. The highest BCUT2D eigenvalue weighted by Crippen LogP contribution is 2.36. The van der Waals surface area contributed by atoms with Gasteiger partial charge in [-0.15, -0.1) is 16.4 Å². The minimum atomic E-state index is -0.565. The van der Waals surface area contributed by atoms with Gasteiger partial charge in [0, 0.05) is 22.6 Å². The predicted molar refractivity (Wildman–Crippen MR) is 154 cm³/mol. The molecule has 12 heteroatoms. The number of fused-ring (bicyclic) bond motifs is 2. The number of esters is 1. The van der Waals surface area contributed by atoms with Gasteiger partial charge in [0.05, 0.1) is 30.0 Å². The Labute approximate surface area is 242 Å². The Morgan fingerprint density at radius 1 is 1.10 bits per heavy atom. The van der Waals surface area contributed by atoms with Gasteiger partial charge in [-0.3, -0.25) is 0 Å². The molecule has 0 aliphatic carbocycles. The van der Waals surface area contributed by atoms with Crippen LogP contribution in [0.2, 0.25) is 0 Å². The average molecular weight is 593 g/mol. The Morgan fingerprint density at radius 2 is 1.88 bits per heavy atom. The molecule has 6 aromatic rings. The lowest BCUT2D eigenvalue weighted by Gasteiger charge is -2.19. The lowest BCUT2D eigenvalue weighted by molar-refractivity contribution is 0.00695. The number of carbonyl (C=O) groups is 1. The van der Waals surface area contributed by atoms with Gasteiger partial charge in [0.25, 0.3) is 5.19 Å². The summed E-state index contributed by atoms with van der Waals surface area (Å²) in [5.74, 6) is -0.0474. The summed E-state index contributed by atoms with van der Waals surface area (Å²) in [5, 5.41) is 6.19. The molecule has 210 valence electrons. The van der Waals surface area contributed by atoms with Crippen LogP contribution in [0.3, 0.4) is 0 Å². The summed E-state index contributed by atoms with van der Waals surface area (Å²) in [6, 6.07) is 11.6. The molecular formula is C29H25FN4O5S2. The van der Waals surface area contributed by atoms with Crippen LogP contribution in [0, 0.1) is 12.7 Å². The van der Waals surface area contributed by atoms with Crippen LogP contribution < -0.4 is 9.47 Å². The van der Waals surface area contributed by atoms with E-state index in [1.807, 2.05) is 39.8 Å². The van der Waals surface area contributed by atoms with Gasteiger partial charge in [0.2, 0.25) is 4.96 Å². The van der Waals surface area contributed by atoms with Gasteiger partial charge >= 0.3 is 5.97 Å². The Morgan fingerprint density at radius 3 is 2.59 bits per heavy atom. The summed E-state index contributed by atoms with van der Waals surface area (Å²) in [5.41, 5.74) is 2.42. The summed E-state index contributed by atoms with van der Waals surface area (Å²) in [7, 11) is 1.55. The highest BCUT2D eigenvalue weighted by Gasteiger charge is 2.20. The lowest BCUT2D eigenvalue weighted by atomic mass is 10.1. The van der Waals surface area contributed by atoms with Gasteiger partial charge < -0.3 is 18.6 Å². The molecule has 0 aliphatic heterocycles. The van der Waals surface area contributed by atoms with Gasteiger partial charge in [-0.05, 0) is 57.2 Å². The number of aryl methyl sites for hydroxylation is 1. The van der Waals surface area contributed by atoms with Crippen molar-refractivity contribution in [3.05, 3.63) is 70.6 Å². The first-order valence-corrected chi connectivity index (χ1v) is 14.3. The molecule has 0 atom stereocenters. The van der Waals surface area contributed by atoms with Gasteiger partial charge in [0.1, 0.15) is 40.1 Å². The molecule has 0 saturated carbocycles. The van der Waals surface area contributed by atoms with E-state index in [-0.39, 0.29) is 12.6 Å². The smallest absolute Gasteiger partial charge is 0.338 e. The van der Waals surface area contributed by atoms with Crippen LogP contribution in [-0.2, 0) is 11.3 Å². The lowest BCUT2D eigenvalue weighted by Crippen LogP contribution is -2.23. The molecule has 41 heavy (non-hydrogen) atoms. The van der Waals surface area contributed by atoms with Crippen molar-refractivity contribution in [3.63, 3.8) is 0 Å². The predicted octanol–water partition coefficient (Wildman–Crippen LogP) is 7.32. The molecule has 0 N–H and O–H groups in total. The third kappa shape index (κ3) is 5.52. The highest BCUT2D eigenvalue weighted by molar-refractivity contribution is 7.18. The molecule has 0 fully saturated rings. The number of hydrogen-bond donors (Lipinski definition) is 0. The first-order chi connectivity index (χ1) is 19.6. The molecule has 4 aromatic heterocycles. The standard InChI is InChI=1S/C29H25FN4O5S2/c1-15-21(31-25(40-15)16-6-8-17(9-7-16)26(35)39-29(2,3)4)14-37-22-10-18(30)11-23-19(22)12-24(38-23)20-13-34-27(32-20)41-28(33-34)36-5/h6-13H,14H2,1-5H3. The Kier molecular flexibility index (Phi) is 6.74. The van der Waals surface area contributed by atoms with E-state index >= 15 is 0 Å². The zero-order chi connectivity index (χ0) is 28.9. The van der Waals surface area contributed by atoms with Gasteiger partial charge in [0.15, 0.2) is 5.76 Å². The molecule has 0 unspecified atom stereocenters. The summed E-state index contributed by atoms with van der Waals surface area (Å²) in [6.45, 7) is 7.59. The summed E-state index contributed by atoms with van der Waals surface area (Å²) in [6.07, 6.45) is 1.73. The fourth-order valence-electron chi connectivity index (χ4n) is 4.12. The number of benzene rings is 2. The number of methoxy groups -OCH3 is 1. The van der Waals surface area contributed by atoms with E-state index in [1.54, 1.807) is 36.0 Å². The number of furan rings is 1. The number of imidazole rings is 1. The van der Waals surface area contributed by atoms with Gasteiger partial charge in [-0.2, -0.15) is 0 Å². The number of carbonyl (C=O) groups excluding carboxylic acids is 1. The van der Waals surface area contributed by atoms with Crippen molar-refractivity contribution in [2.45, 2.75) is 39.9 Å². The number of hydrogen-bond acceptors (Lipinski definition) is 10. The van der Waals surface area contributed by atoms with E-state index in [0.717, 1.165) is 21.1 Å². The fourth-order valence-corrected chi connectivity index (χ4v) is 5.74. The molecule has 0 radical (unpaired) electrons. The van der Waals surface area contributed by atoms with Crippen molar-refractivity contribution >= 4 is 44.6 Å². The monoisotopic (exact) mass is 592 g/mol. The van der Waals surface area contributed by atoms with E-state index in [0.29, 0.717) is 43.9 Å². The Hall–Kier alpha value is -4.29. The number of rotatable bonds is 7. The van der Waals surface area contributed by atoms with Crippen molar-refractivity contribution in [2.75, 3.05) is 7.11 Å². The zero-order valence-electron chi connectivity index (χ0n) is 22.9. The number of halogens is 1. The van der Waals surface area contributed by atoms with E-state index < -0.39 is 11.4 Å². The summed E-state index contributed by atoms with van der Waals surface area (Å²) >= 11 is 2.82. The quantitative estimate of drug-likeness (QED) is 0.178. The first kappa shape index (κ1) is 26.9. The van der Waals surface area contributed by atoms with Crippen LogP contribution in [0.25, 0.3) is 38.0 Å². The second kappa shape index (κ2) is 10.3. The Bertz CT molecular complexity index is 1860. The highest BCUT2D eigenvalue weighted by atomic mass is 32.1. The number of nitrogens with zero attached hydrogens (tertiary/aromatic N) is 4. The van der Waals surface area contributed by atoms with E-state index in [1.165, 1.54) is 34.8 Å². The maximum atomic E-state index is 14.5. The molecule has 0 spiro atoms. The number of ether oxygens (including phenoxy) is 3. The van der Waals surface area contributed by atoms with E-state index in [4.69, 9.17) is 23.6 Å². The van der Waals surface area contributed by atoms with Crippen molar-refractivity contribution in [3.8, 4) is 33.0 Å². The summed E-state index contributed by atoms with van der Waals surface area (Å²) < 4.78 is 38.7. The van der Waals surface area contributed by atoms with Crippen LogP contribution in [-0.4, -0.2) is 38.3 Å². The average Bonchev–Trinajstić information content (AvgIpc) is 3.68. The van der Waals surface area contributed by atoms with Crippen LogP contribution in [0.1, 0.15) is 41.7 Å². The first-order valence-electron chi connectivity index (χ1n) is 12.6. The molecule has 4 heterocycles. The molecule has 6 rings (SSSR count). The van der Waals surface area contributed by atoms with Crippen molar-refractivity contribution in [1.82, 2.24) is 19.6 Å². The second-order valence-electron chi connectivity index (χ2n) is 10.2. The van der Waals surface area contributed by atoms with Crippen molar-refractivity contribution in [1.29, 1.82) is 0 Å². The second-order valence-corrected chi connectivity index (χ2v) is 12.4. The van der Waals surface area contributed by atoms with Crippen LogP contribution >= 0.6 is 22.7 Å². The van der Waals surface area contributed by atoms with Crippen molar-refractivity contribution < 1.29 is 27.8 Å². The molecule has 2 aromatic carbocycles. The molecule has 0 saturated heterocycles. The maximum Gasteiger partial charge on any atom is 0.338 e. The maximum absolute atomic E-state index is 14.5. The zero-order valence-corrected chi connectivity index (χ0v) is 24.5. The molecule has 0 bridgehead atoms. The molecule has 0 amide bonds. The van der Waals surface area contributed by atoms with Crippen LogP contribution in [0.4, 0.5) is 4.39 Å². The molecule has 9 nitrogen and oxygen atoms in total. The van der Waals surface area contributed by atoms with Crippen LogP contribution in [0.15, 0.2) is 53.1 Å². The fraction of sp³-hybridized carbons (Fsp3) is 0.241. The minimum Gasteiger partial charge on any atom is -0.486 e. The van der Waals surface area contributed by atoms with Gasteiger partial charge in [-0.1, -0.05) is 12.1 Å². The number of aromatic nitrogens is 4. The minimum absolute atomic E-state index is 0.140. The van der Waals surface area contributed by atoms with Gasteiger partial charge in [-0.25, -0.2) is 23.7 Å². The SMILES string of the molecule is COc1nn2cc(-c3cc4c(OCc5nc(-c6ccc(C(=O)OC(C)(C)C)cc6)sc5C)cc(F)cc4o3)nc2s1. The van der Waals surface area contributed by atoms with Crippen molar-refractivity contribution in [2.24, 2.45) is 0 Å². The number of thiazole rings is 1. The Balaban J connectivity index is 1.21. The topological polar surface area (TPSA) is 101 Å². The largest absolute Gasteiger partial charge is 0.486 e. The molecular weight excluding hydrogens is 567 g/mol.